The summed E-state index contributed by atoms with van der Waals surface area (Å²) in [5, 5.41) is 5.05. The van der Waals surface area contributed by atoms with E-state index >= 15 is 0 Å². The van der Waals surface area contributed by atoms with Gasteiger partial charge < -0.3 is 5.32 Å². The number of hydrogen-bond donors (Lipinski definition) is 1. The van der Waals surface area contributed by atoms with Crippen molar-refractivity contribution < 1.29 is 4.79 Å². The monoisotopic (exact) mass is 403 g/mol. The van der Waals surface area contributed by atoms with Crippen LogP contribution in [0.15, 0.2) is 0 Å². The minimum Gasteiger partial charge on any atom is -0.351 e. The smallest absolute Gasteiger partial charge is 0.271 e. The zero-order valence-electron chi connectivity index (χ0n) is 16.2. The van der Waals surface area contributed by atoms with Gasteiger partial charge in [0.1, 0.15) is 5.69 Å². The summed E-state index contributed by atoms with van der Waals surface area (Å²) < 4.78 is 0. The first-order valence-electron chi connectivity index (χ1n) is 10.5. The molecule has 146 valence electrons. The van der Waals surface area contributed by atoms with Crippen LogP contribution in [0.4, 0.5) is 0 Å². The third kappa shape index (κ3) is 4.60. The Morgan fingerprint density at radius 1 is 1.04 bits per heavy atom. The molecule has 0 saturated heterocycles. The zero-order chi connectivity index (χ0) is 18.6. The number of carbonyl (C=O) groups excluding carboxylic acids is 1. The van der Waals surface area contributed by atoms with Crippen LogP contribution in [0.3, 0.4) is 0 Å². The van der Waals surface area contributed by atoms with Crippen LogP contribution in [0.1, 0.15) is 96.6 Å². The van der Waals surface area contributed by atoms with E-state index in [9.17, 15) is 4.79 Å². The van der Waals surface area contributed by atoms with E-state index < -0.39 is 0 Å². The van der Waals surface area contributed by atoms with Crippen LogP contribution in [-0.4, -0.2) is 22.4 Å². The first kappa shape index (κ1) is 19.1. The van der Waals surface area contributed by atoms with E-state index in [0.29, 0.717) is 11.6 Å². The predicted octanol–water partition coefficient (Wildman–Crippen LogP) is 5.72. The molecule has 1 amide bonds. The Bertz CT molecular complexity index is 766. The summed E-state index contributed by atoms with van der Waals surface area (Å²) >= 11 is 3.51. The first-order chi connectivity index (χ1) is 13.3. The van der Waals surface area contributed by atoms with Crippen molar-refractivity contribution in [2.75, 3.05) is 6.54 Å². The van der Waals surface area contributed by atoms with E-state index in [1.165, 1.54) is 60.4 Å². The van der Waals surface area contributed by atoms with Gasteiger partial charge in [0.15, 0.2) is 10.0 Å². The normalized spacial score (nSPS) is 17.2. The van der Waals surface area contributed by atoms with Gasteiger partial charge in [0, 0.05) is 16.3 Å². The molecule has 2 aliphatic rings. The number of thiazole rings is 2. The van der Waals surface area contributed by atoms with E-state index in [2.05, 4.69) is 12.2 Å². The summed E-state index contributed by atoms with van der Waals surface area (Å²) in [6.07, 6.45) is 13.1. The Hall–Kier alpha value is -1.27. The number of aryl methyl sites for hydroxylation is 2. The Morgan fingerprint density at radius 2 is 1.81 bits per heavy atom. The Kier molecular flexibility index (Phi) is 6.23. The largest absolute Gasteiger partial charge is 0.351 e. The van der Waals surface area contributed by atoms with Gasteiger partial charge in [-0.05, 0) is 50.9 Å². The van der Waals surface area contributed by atoms with Crippen molar-refractivity contribution in [1.82, 2.24) is 15.3 Å². The maximum atomic E-state index is 12.7. The first-order valence-corrected chi connectivity index (χ1v) is 12.2. The summed E-state index contributed by atoms with van der Waals surface area (Å²) in [5.41, 5.74) is 1.94. The highest BCUT2D eigenvalue weighted by atomic mass is 32.1. The fourth-order valence-corrected chi connectivity index (χ4v) is 6.07. The van der Waals surface area contributed by atoms with Crippen LogP contribution in [0, 0.1) is 0 Å². The van der Waals surface area contributed by atoms with Gasteiger partial charge in [-0.2, -0.15) is 0 Å². The van der Waals surface area contributed by atoms with Crippen LogP contribution in [-0.2, 0) is 12.8 Å². The summed E-state index contributed by atoms with van der Waals surface area (Å²) in [6.45, 7) is 2.92. The van der Waals surface area contributed by atoms with Gasteiger partial charge in [0.05, 0.1) is 5.69 Å². The molecule has 0 bridgehead atoms. The molecule has 0 aromatic carbocycles. The van der Waals surface area contributed by atoms with Crippen molar-refractivity contribution in [2.24, 2.45) is 0 Å². The molecule has 0 aliphatic heterocycles. The molecule has 2 aromatic heterocycles. The molecular formula is C21H29N3OS2. The third-order valence-corrected chi connectivity index (χ3v) is 7.93. The highest BCUT2D eigenvalue weighted by molar-refractivity contribution is 7.21. The SMILES string of the molecule is CCCCCNC(=O)c1nc(-c2nc3c(s2)CCCCCC3)sc1C1CC1. The number of fused-ring (bicyclic) bond motifs is 1. The highest BCUT2D eigenvalue weighted by Crippen LogP contribution is 2.46. The number of aromatic nitrogens is 2. The number of hydrogen-bond acceptors (Lipinski definition) is 5. The molecule has 27 heavy (non-hydrogen) atoms. The number of nitrogens with zero attached hydrogens (tertiary/aromatic N) is 2. The van der Waals surface area contributed by atoms with Crippen molar-refractivity contribution >= 4 is 28.6 Å². The number of amides is 1. The molecule has 6 heteroatoms. The number of rotatable bonds is 7. The molecule has 0 radical (unpaired) electrons. The fourth-order valence-electron chi connectivity index (χ4n) is 3.67. The molecule has 2 aromatic rings. The van der Waals surface area contributed by atoms with E-state index in [4.69, 9.17) is 9.97 Å². The van der Waals surface area contributed by atoms with Crippen molar-refractivity contribution in [3.8, 4) is 10.0 Å². The van der Waals surface area contributed by atoms with E-state index in [1.807, 2.05) is 0 Å². The predicted molar refractivity (Wildman–Crippen MR) is 113 cm³/mol. The molecule has 4 rings (SSSR count). The lowest BCUT2D eigenvalue weighted by Gasteiger charge is -2.06. The molecule has 1 fully saturated rings. The summed E-state index contributed by atoms with van der Waals surface area (Å²) in [7, 11) is 0. The molecule has 4 nitrogen and oxygen atoms in total. The van der Waals surface area contributed by atoms with Crippen LogP contribution in [0.5, 0.6) is 0 Å². The van der Waals surface area contributed by atoms with E-state index in [-0.39, 0.29) is 5.91 Å². The fraction of sp³-hybridized carbons (Fsp3) is 0.667. The van der Waals surface area contributed by atoms with Gasteiger partial charge in [0.25, 0.3) is 5.91 Å². The van der Waals surface area contributed by atoms with Crippen LogP contribution >= 0.6 is 22.7 Å². The summed E-state index contributed by atoms with van der Waals surface area (Å²) in [6, 6.07) is 0. The van der Waals surface area contributed by atoms with Crippen molar-refractivity contribution in [2.45, 2.75) is 83.5 Å². The average Bonchev–Trinajstić information content (AvgIpc) is 3.28. The molecule has 0 unspecified atom stereocenters. The van der Waals surface area contributed by atoms with Crippen molar-refractivity contribution in [3.05, 3.63) is 21.1 Å². The summed E-state index contributed by atoms with van der Waals surface area (Å²) in [5.74, 6) is 0.541. The zero-order valence-corrected chi connectivity index (χ0v) is 17.8. The van der Waals surface area contributed by atoms with Gasteiger partial charge in [0.2, 0.25) is 0 Å². The molecule has 2 heterocycles. The maximum absolute atomic E-state index is 12.7. The number of unbranched alkanes of at least 4 members (excludes halogenated alkanes) is 2. The molecule has 0 spiro atoms. The lowest BCUT2D eigenvalue weighted by Crippen LogP contribution is -2.25. The lowest BCUT2D eigenvalue weighted by atomic mass is 10.0. The van der Waals surface area contributed by atoms with Crippen molar-refractivity contribution in [3.63, 3.8) is 0 Å². The summed E-state index contributed by atoms with van der Waals surface area (Å²) in [4.78, 5) is 25.1. The number of carbonyl (C=O) groups is 1. The molecule has 2 aliphatic carbocycles. The van der Waals surface area contributed by atoms with Crippen molar-refractivity contribution in [1.29, 1.82) is 0 Å². The Balaban J connectivity index is 1.55. The molecular weight excluding hydrogens is 374 g/mol. The van der Waals surface area contributed by atoms with Gasteiger partial charge >= 0.3 is 0 Å². The molecule has 1 saturated carbocycles. The topological polar surface area (TPSA) is 54.9 Å². The third-order valence-electron chi connectivity index (χ3n) is 5.41. The second-order valence-corrected chi connectivity index (χ2v) is 9.89. The maximum Gasteiger partial charge on any atom is 0.271 e. The number of nitrogens with one attached hydrogen (secondary N) is 1. The second-order valence-electron chi connectivity index (χ2n) is 7.77. The van der Waals surface area contributed by atoms with Crippen LogP contribution in [0.25, 0.3) is 10.0 Å². The average molecular weight is 404 g/mol. The quantitative estimate of drug-likeness (QED) is 0.601. The van der Waals surface area contributed by atoms with Crippen LogP contribution < -0.4 is 5.32 Å². The van der Waals surface area contributed by atoms with Gasteiger partial charge in [-0.15, -0.1) is 22.7 Å². The van der Waals surface area contributed by atoms with Crippen LogP contribution in [0.2, 0.25) is 0 Å². The Labute approximate surface area is 169 Å². The Morgan fingerprint density at radius 3 is 2.59 bits per heavy atom. The molecule has 0 atom stereocenters. The van der Waals surface area contributed by atoms with Gasteiger partial charge in [-0.1, -0.05) is 32.6 Å². The molecule has 1 N–H and O–H groups in total. The van der Waals surface area contributed by atoms with Gasteiger partial charge in [-0.3, -0.25) is 4.79 Å². The minimum atomic E-state index is 0.00502. The second kappa shape index (κ2) is 8.82. The van der Waals surface area contributed by atoms with E-state index in [1.54, 1.807) is 22.7 Å². The van der Waals surface area contributed by atoms with Gasteiger partial charge in [-0.25, -0.2) is 9.97 Å². The highest BCUT2D eigenvalue weighted by Gasteiger charge is 2.32. The lowest BCUT2D eigenvalue weighted by molar-refractivity contribution is 0.0948. The minimum absolute atomic E-state index is 0.00502. The van der Waals surface area contributed by atoms with E-state index in [0.717, 1.165) is 42.2 Å². The standard InChI is InChI=1S/C21H29N3OS2/c1-2-3-8-13-22-19(25)17-18(14-11-12-14)27-21(24-17)20-23-15-9-6-4-5-7-10-16(15)26-20/h14H,2-13H2,1H3,(H,22,25).